The quantitative estimate of drug-likeness (QED) is 0.768. The predicted molar refractivity (Wildman–Crippen MR) is 102 cm³/mol. The number of rotatable bonds is 4. The minimum absolute atomic E-state index is 0. The largest absolute Gasteiger partial charge is 0.337 e. The fraction of sp³-hybridized carbons (Fsp3) is 0.421. The maximum atomic E-state index is 4.89. The monoisotopic (exact) mass is 357 g/mol. The molecule has 1 N–H and O–H groups in total. The van der Waals surface area contributed by atoms with Crippen LogP contribution in [0, 0.1) is 0 Å². The van der Waals surface area contributed by atoms with Gasteiger partial charge >= 0.3 is 0 Å². The Kier molecular flexibility index (Phi) is 5.53. The van der Waals surface area contributed by atoms with E-state index in [9.17, 15) is 0 Å². The Hall–Kier alpha value is -2.14. The van der Waals surface area contributed by atoms with Crippen molar-refractivity contribution in [3.63, 3.8) is 0 Å². The van der Waals surface area contributed by atoms with Gasteiger partial charge in [-0.05, 0) is 25.3 Å². The van der Waals surface area contributed by atoms with Crippen molar-refractivity contribution in [2.45, 2.75) is 51.6 Å². The average molecular weight is 358 g/mol. The summed E-state index contributed by atoms with van der Waals surface area (Å²) in [6.45, 7) is 3.61. The van der Waals surface area contributed by atoms with E-state index < -0.39 is 0 Å². The highest BCUT2D eigenvalue weighted by molar-refractivity contribution is 5.85. The molecule has 0 spiro atoms. The zero-order valence-corrected chi connectivity index (χ0v) is 15.3. The molecule has 0 radical (unpaired) electrons. The lowest BCUT2D eigenvalue weighted by atomic mass is 10.1. The summed E-state index contributed by atoms with van der Waals surface area (Å²) in [5.41, 5.74) is 3.89. The van der Waals surface area contributed by atoms with Crippen LogP contribution in [-0.4, -0.2) is 19.5 Å². The van der Waals surface area contributed by atoms with Gasteiger partial charge in [-0.15, -0.1) is 12.4 Å². The summed E-state index contributed by atoms with van der Waals surface area (Å²) in [5, 5.41) is 0. The first-order chi connectivity index (χ1) is 11.8. The van der Waals surface area contributed by atoms with E-state index in [0.29, 0.717) is 12.5 Å². The number of H-pyrrole nitrogens is 1. The second-order valence-electron chi connectivity index (χ2n) is 6.46. The van der Waals surface area contributed by atoms with Gasteiger partial charge in [0.05, 0.1) is 12.9 Å². The van der Waals surface area contributed by atoms with E-state index >= 15 is 0 Å². The van der Waals surface area contributed by atoms with E-state index in [4.69, 9.17) is 9.98 Å². The molecular formula is C19H24ClN5. The van der Waals surface area contributed by atoms with Crippen LogP contribution in [0.15, 0.2) is 41.7 Å². The van der Waals surface area contributed by atoms with E-state index in [1.54, 1.807) is 0 Å². The fourth-order valence-corrected chi connectivity index (χ4v) is 3.48. The van der Waals surface area contributed by atoms with Gasteiger partial charge in [0, 0.05) is 12.5 Å². The van der Waals surface area contributed by atoms with Crippen LogP contribution >= 0.6 is 12.4 Å². The van der Waals surface area contributed by atoms with Gasteiger partial charge in [0.2, 0.25) is 0 Å². The molecule has 1 fully saturated rings. The van der Waals surface area contributed by atoms with Crippen LogP contribution in [0.4, 0.5) is 0 Å². The minimum Gasteiger partial charge on any atom is -0.337 e. The summed E-state index contributed by atoms with van der Waals surface area (Å²) in [5.74, 6) is 1.67. The summed E-state index contributed by atoms with van der Waals surface area (Å²) in [7, 11) is 0. The van der Waals surface area contributed by atoms with Gasteiger partial charge in [-0.25, -0.2) is 9.97 Å². The molecule has 0 amide bonds. The lowest BCUT2D eigenvalue weighted by Crippen LogP contribution is -2.14. The molecule has 5 nitrogen and oxygen atoms in total. The third kappa shape index (κ3) is 3.61. The van der Waals surface area contributed by atoms with Crippen molar-refractivity contribution in [3.8, 4) is 0 Å². The highest BCUT2D eigenvalue weighted by atomic mass is 35.5. The van der Waals surface area contributed by atoms with Gasteiger partial charge in [0.1, 0.15) is 11.3 Å². The molecular weight excluding hydrogens is 334 g/mol. The molecule has 1 aromatic carbocycles. The van der Waals surface area contributed by atoms with E-state index in [1.165, 1.54) is 31.2 Å². The Morgan fingerprint density at radius 2 is 1.96 bits per heavy atom. The first kappa shape index (κ1) is 17.7. The number of benzene rings is 1. The minimum atomic E-state index is 0. The Labute approximate surface area is 153 Å². The van der Waals surface area contributed by atoms with Gasteiger partial charge in [-0.2, -0.15) is 0 Å². The summed E-state index contributed by atoms with van der Waals surface area (Å²) < 4.78 is 2.09. The zero-order valence-electron chi connectivity index (χ0n) is 14.5. The first-order valence-electron chi connectivity index (χ1n) is 8.84. The molecule has 1 aliphatic rings. The lowest BCUT2D eigenvalue weighted by Gasteiger charge is -2.03. The number of aryl methyl sites for hydroxylation is 1. The Morgan fingerprint density at radius 3 is 2.68 bits per heavy atom. The van der Waals surface area contributed by atoms with Crippen molar-refractivity contribution in [1.82, 2.24) is 19.5 Å². The molecule has 0 aliphatic heterocycles. The van der Waals surface area contributed by atoms with Crippen LogP contribution in [0.25, 0.3) is 11.2 Å². The van der Waals surface area contributed by atoms with Crippen LogP contribution in [0.5, 0.6) is 0 Å². The van der Waals surface area contributed by atoms with Crippen LogP contribution in [0.1, 0.15) is 49.9 Å². The Balaban J connectivity index is 0.00000182. The Morgan fingerprint density at radius 1 is 1.20 bits per heavy atom. The summed E-state index contributed by atoms with van der Waals surface area (Å²) in [6.07, 6.45) is 6.93. The molecule has 2 heterocycles. The molecule has 4 rings (SSSR count). The predicted octanol–water partition coefficient (Wildman–Crippen LogP) is 3.96. The van der Waals surface area contributed by atoms with Gasteiger partial charge < -0.3 is 9.55 Å². The average Bonchev–Trinajstić information content (AvgIpc) is 3.29. The molecule has 1 aliphatic carbocycles. The van der Waals surface area contributed by atoms with Crippen molar-refractivity contribution in [3.05, 3.63) is 53.5 Å². The van der Waals surface area contributed by atoms with Crippen LogP contribution < -0.4 is 5.49 Å². The molecule has 3 aromatic rings. The second kappa shape index (κ2) is 7.83. The molecule has 0 unspecified atom stereocenters. The highest BCUT2D eigenvalue weighted by Crippen LogP contribution is 2.32. The number of hydrogen-bond donors (Lipinski definition) is 1. The van der Waals surface area contributed by atoms with Crippen molar-refractivity contribution >= 4 is 23.6 Å². The number of aromatic amines is 1. The lowest BCUT2D eigenvalue weighted by molar-refractivity contribution is 0.678. The number of aromatic nitrogens is 4. The van der Waals surface area contributed by atoms with Crippen LogP contribution in [0.2, 0.25) is 0 Å². The third-order valence-corrected chi connectivity index (χ3v) is 4.85. The van der Waals surface area contributed by atoms with E-state index in [0.717, 1.165) is 29.0 Å². The van der Waals surface area contributed by atoms with Gasteiger partial charge in [-0.3, -0.25) is 4.99 Å². The number of imidazole rings is 1. The summed E-state index contributed by atoms with van der Waals surface area (Å²) in [6, 6.07) is 10.3. The van der Waals surface area contributed by atoms with Crippen molar-refractivity contribution in [2.75, 3.05) is 0 Å². The third-order valence-electron chi connectivity index (χ3n) is 4.85. The molecule has 2 aromatic heterocycles. The van der Waals surface area contributed by atoms with Crippen molar-refractivity contribution < 1.29 is 0 Å². The first-order valence-corrected chi connectivity index (χ1v) is 8.84. The number of hydrogen-bond acceptors (Lipinski definition) is 3. The Bertz CT molecular complexity index is 891. The topological polar surface area (TPSA) is 58.9 Å². The second-order valence-corrected chi connectivity index (χ2v) is 6.46. The number of nitrogens with one attached hydrogen (secondary N) is 1. The molecule has 1 saturated carbocycles. The highest BCUT2D eigenvalue weighted by Gasteiger charge is 2.21. The normalized spacial score (nSPS) is 15.6. The van der Waals surface area contributed by atoms with E-state index in [1.807, 2.05) is 24.5 Å². The van der Waals surface area contributed by atoms with Gasteiger partial charge in [0.25, 0.3) is 0 Å². The summed E-state index contributed by atoms with van der Waals surface area (Å²) in [4.78, 5) is 17.7. The molecule has 25 heavy (non-hydrogen) atoms. The molecule has 6 heteroatoms. The number of halogens is 1. The molecule has 132 valence electrons. The molecule has 0 atom stereocenters. The maximum absolute atomic E-state index is 4.89. The fourth-order valence-electron chi connectivity index (χ4n) is 3.48. The van der Waals surface area contributed by atoms with Crippen molar-refractivity contribution in [1.29, 1.82) is 0 Å². The number of nitrogens with zero attached hydrogens (tertiary/aromatic N) is 4. The molecule has 0 bridgehead atoms. The van der Waals surface area contributed by atoms with Gasteiger partial charge in [0.15, 0.2) is 11.1 Å². The SMILES string of the molecule is CCn1cnc(=NCc2ccccc2)c2[nH]c(C3CCCC3)nc21.Cl. The van der Waals surface area contributed by atoms with E-state index in [-0.39, 0.29) is 12.4 Å². The smallest absolute Gasteiger partial charge is 0.177 e. The zero-order chi connectivity index (χ0) is 16.4. The van der Waals surface area contributed by atoms with Gasteiger partial charge in [-0.1, -0.05) is 43.2 Å². The van der Waals surface area contributed by atoms with Crippen LogP contribution in [-0.2, 0) is 13.1 Å². The number of fused-ring (bicyclic) bond motifs is 1. The van der Waals surface area contributed by atoms with Crippen LogP contribution in [0.3, 0.4) is 0 Å². The summed E-state index contributed by atoms with van der Waals surface area (Å²) >= 11 is 0. The standard InChI is InChI=1S/C19H23N5.ClH/c1-2-24-13-21-18(20-12-14-8-4-3-5-9-14)16-19(24)23-17(22-16)15-10-6-7-11-15;/h3-5,8-9,13,15H,2,6-7,10-12H2,1H3,(H,22,23);1H. The van der Waals surface area contributed by atoms with Crippen molar-refractivity contribution in [2.24, 2.45) is 4.99 Å². The maximum Gasteiger partial charge on any atom is 0.177 e. The molecule has 0 saturated heterocycles. The van der Waals surface area contributed by atoms with E-state index in [2.05, 4.69) is 33.6 Å².